The maximum absolute atomic E-state index is 14.0. The first-order chi connectivity index (χ1) is 59.8. The predicted molar refractivity (Wildman–Crippen MR) is 452 cm³/mol. The van der Waals surface area contributed by atoms with Crippen molar-refractivity contribution in [2.24, 2.45) is 40.7 Å². The molecule has 51 heteroatoms. The average Bonchev–Trinajstić information content (AvgIpc) is 0.851. The number of carbonyl (C=O) groups excluding carboxylic acids is 20. The van der Waals surface area contributed by atoms with Gasteiger partial charge in [0.2, 0.25) is 118 Å². The van der Waals surface area contributed by atoms with Crippen molar-refractivity contribution in [1.82, 2.24) is 101 Å². The number of primary amides is 1. The molecule has 33 N–H and O–H groups in total. The van der Waals surface area contributed by atoms with Gasteiger partial charge in [-0.3, -0.25) is 95.9 Å². The van der Waals surface area contributed by atoms with E-state index in [0.717, 1.165) is 19.4 Å². The molecule has 1 aromatic carbocycles. The van der Waals surface area contributed by atoms with Crippen molar-refractivity contribution in [3.63, 3.8) is 0 Å². The van der Waals surface area contributed by atoms with Gasteiger partial charge in [0, 0.05) is 5.75 Å². The number of rotatable bonds is 62. The van der Waals surface area contributed by atoms with E-state index in [1.54, 1.807) is 58.0 Å². The Labute approximate surface area is 737 Å². The van der Waals surface area contributed by atoms with Gasteiger partial charge in [0.15, 0.2) is 6.04 Å². The van der Waals surface area contributed by atoms with Crippen molar-refractivity contribution in [2.75, 3.05) is 84.5 Å². The molecule has 0 aliphatic carbocycles. The van der Waals surface area contributed by atoms with Gasteiger partial charge < -0.3 is 155 Å². The van der Waals surface area contributed by atoms with Gasteiger partial charge in [-0.2, -0.15) is 12.6 Å². The zero-order valence-corrected chi connectivity index (χ0v) is 73.0. The minimum absolute atomic E-state index is 0.0655. The Hall–Kier alpha value is -11.9. The molecule has 0 saturated carbocycles. The number of nitrogens with one attached hydrogen (secondary N) is 19. The largest absolute Gasteiger partial charge is 0.480 e. The van der Waals surface area contributed by atoms with Crippen LogP contribution in [-0.2, 0) is 107 Å². The third-order valence-corrected chi connectivity index (χ3v) is 19.1. The van der Waals surface area contributed by atoms with Crippen LogP contribution in [-0.4, -0.2) is 330 Å². The molecular formula is C76H127N23O27S. The molecule has 0 bridgehead atoms. The smallest absolute Gasteiger partial charge is 0.328 e. The van der Waals surface area contributed by atoms with E-state index in [1.807, 2.05) is 5.32 Å². The monoisotopic (exact) mass is 1830 g/mol. The molecule has 0 aromatic heterocycles. The first-order valence-corrected chi connectivity index (χ1v) is 41.5. The topological polar surface area (TPSA) is 812 Å². The second-order valence-electron chi connectivity index (χ2n) is 30.2. The molecule has 127 heavy (non-hydrogen) atoms. The Balaban J connectivity index is 2.75. The van der Waals surface area contributed by atoms with Gasteiger partial charge in [0.1, 0.15) is 66.5 Å². The first-order valence-electron chi connectivity index (χ1n) is 40.8. The number of aliphatic hydroxyl groups is 5. The van der Waals surface area contributed by atoms with Crippen molar-refractivity contribution in [2.45, 2.75) is 210 Å². The summed E-state index contributed by atoms with van der Waals surface area (Å²) < 4.78 is 0. The molecule has 0 spiro atoms. The summed E-state index contributed by atoms with van der Waals surface area (Å²) in [6.45, 7) is 3.41. The minimum atomic E-state index is -1.85. The van der Waals surface area contributed by atoms with Crippen molar-refractivity contribution in [3.8, 4) is 0 Å². The molecule has 0 saturated heterocycles. The molecule has 1 aromatic rings. The van der Waals surface area contributed by atoms with Crippen LogP contribution in [0.2, 0.25) is 0 Å². The molecule has 0 heterocycles. The summed E-state index contributed by atoms with van der Waals surface area (Å²) in [7, 11) is 0. The van der Waals surface area contributed by atoms with Crippen molar-refractivity contribution < 1.29 is 131 Å². The molecule has 0 aliphatic heterocycles. The summed E-state index contributed by atoms with van der Waals surface area (Å²) in [6.07, 6.45) is -1.81. The van der Waals surface area contributed by atoms with Crippen LogP contribution >= 0.6 is 12.6 Å². The van der Waals surface area contributed by atoms with E-state index in [2.05, 4.69) is 108 Å². The highest BCUT2D eigenvalue weighted by Crippen LogP contribution is 2.15. The van der Waals surface area contributed by atoms with E-state index in [-0.39, 0.29) is 38.1 Å². The van der Waals surface area contributed by atoms with Gasteiger partial charge in [-0.1, -0.05) is 78.3 Å². The highest BCUT2D eigenvalue weighted by Gasteiger charge is 2.39. The SMILES string of the molecule is CC[C@H](C)[C@H](NC(=O)[C@H](CCCCN)NC(=O)[C@H](CCCCN)NC(=O)[C@@H](N)Cc1ccccc1)C(=O)N[C@@H](CO)C(=O)NCC(=O)NCC(=O)NCC(=O)NCC(=O)N[C@@H](CO)C(=O)NCC(=O)NCC(=O)NCC(=O)N[C@@H](CO)C(=O)N[C@@H](CS)C(=O)N[C@H](C(=O)N[C@@H](CC(N)=O)C(=O)N[C@@H](CC(C)C)C(=O)N[C@H](C(=O)N[C@H](C(=O)O)[C@@H](C)O)[C@@H](C)O)C(C)C. The second kappa shape index (κ2) is 60.7. The minimum Gasteiger partial charge on any atom is -0.480 e. The van der Waals surface area contributed by atoms with E-state index < -0.39 is 305 Å². The van der Waals surface area contributed by atoms with Gasteiger partial charge in [0.05, 0.1) is 90.3 Å². The highest BCUT2D eigenvalue weighted by molar-refractivity contribution is 7.80. The summed E-state index contributed by atoms with van der Waals surface area (Å²) in [6, 6.07) is -11.2. The number of carboxylic acid groups (broad SMARTS) is 1. The number of nitrogens with two attached hydrogens (primary N) is 4. The number of thiol groups is 1. The number of hydrogen-bond acceptors (Lipinski definition) is 30. The third kappa shape index (κ3) is 44.7. The molecular weight excluding hydrogens is 1700 g/mol. The van der Waals surface area contributed by atoms with Gasteiger partial charge in [0.25, 0.3) is 0 Å². The molecule has 1 rings (SSSR count). The number of carbonyl (C=O) groups is 21. The fourth-order valence-corrected chi connectivity index (χ4v) is 11.6. The van der Waals surface area contributed by atoms with Crippen LogP contribution in [0, 0.1) is 17.8 Å². The summed E-state index contributed by atoms with van der Waals surface area (Å²) in [5.74, 6) is -24.1. The number of benzene rings is 1. The molecule has 714 valence electrons. The van der Waals surface area contributed by atoms with E-state index >= 15 is 0 Å². The maximum atomic E-state index is 14.0. The number of amides is 20. The van der Waals surface area contributed by atoms with Crippen LogP contribution < -0.4 is 124 Å². The van der Waals surface area contributed by atoms with Crippen LogP contribution in [0.25, 0.3) is 0 Å². The zero-order chi connectivity index (χ0) is 96.3. The lowest BCUT2D eigenvalue weighted by Gasteiger charge is -2.29. The number of aliphatic hydroxyl groups excluding tert-OH is 5. The van der Waals surface area contributed by atoms with Crippen LogP contribution in [0.15, 0.2) is 30.3 Å². The fraction of sp³-hybridized carbons (Fsp3) is 0.645. The lowest BCUT2D eigenvalue weighted by atomic mass is 9.97. The Bertz CT molecular complexity index is 3870. The lowest BCUT2D eigenvalue weighted by molar-refractivity contribution is -0.146. The van der Waals surface area contributed by atoms with Crippen LogP contribution in [0.1, 0.15) is 119 Å². The Morgan fingerprint density at radius 3 is 1.11 bits per heavy atom. The Morgan fingerprint density at radius 1 is 0.370 bits per heavy atom. The fourth-order valence-electron chi connectivity index (χ4n) is 11.3. The Kier molecular flexibility index (Phi) is 54.1. The standard InChI is InChI=1S/C76H127N23O27S/c1-9-39(6)61(97-68(117)45(20-14-16-22-78)91-67(116)44(19-13-15-21-77)90-64(113)43(79)24-42-17-11-10-12-18-42)74(123)94-49(34-101)66(115)87-30-57(110)82-26-53(106)81-27-54(107)84-31-58(111)88-48(33-100)65(114)86-29-56(109)83-28-55(108)85-32-59(112)89-50(35-102)71(120)95-51(36-127)72(121)96-60(38(4)5)73(122)93-47(25-52(80)105)69(118)92-46(23-37(2)3)70(119)98-62(40(7)103)75(124)99-63(41(8)104)76(125)126/h10-12,17-18,37-41,43-51,60-63,100-104,127H,9,13-16,19-36,77-79H2,1-8H3,(H2,80,105)(H,81,106)(H,82,110)(H,83,109)(H,84,107)(H,85,108)(H,86,114)(H,87,115)(H,88,111)(H,89,112)(H,90,113)(H,91,116)(H,92,118)(H,93,122)(H,94,123)(H,95,120)(H,96,121)(H,97,117)(H,98,119)(H,99,124)(H,125,126)/t39-,40+,41+,43-,44-,45-,46-,47-,48-,49-,50-,51-,60-,61-,62-,63-/m0/s1. The van der Waals surface area contributed by atoms with E-state index in [4.69, 9.17) is 22.9 Å². The maximum Gasteiger partial charge on any atom is 0.328 e. The highest BCUT2D eigenvalue weighted by atomic mass is 32.1. The summed E-state index contributed by atoms with van der Waals surface area (Å²) >= 11 is 4.09. The Morgan fingerprint density at radius 2 is 0.701 bits per heavy atom. The number of hydrogen-bond donors (Lipinski definition) is 30. The molecule has 16 atom stereocenters. The van der Waals surface area contributed by atoms with Gasteiger partial charge in [-0.15, -0.1) is 0 Å². The molecule has 0 radical (unpaired) electrons. The van der Waals surface area contributed by atoms with Crippen molar-refractivity contribution in [1.29, 1.82) is 0 Å². The third-order valence-electron chi connectivity index (χ3n) is 18.7. The second-order valence-corrected chi connectivity index (χ2v) is 30.6. The average molecular weight is 1830 g/mol. The number of carboxylic acids is 1. The molecule has 50 nitrogen and oxygen atoms in total. The van der Waals surface area contributed by atoms with E-state index in [0.29, 0.717) is 38.6 Å². The molecule has 0 unspecified atom stereocenters. The molecule has 0 aliphatic rings. The van der Waals surface area contributed by atoms with Gasteiger partial charge >= 0.3 is 5.97 Å². The van der Waals surface area contributed by atoms with Crippen LogP contribution in [0.3, 0.4) is 0 Å². The number of aliphatic carboxylic acids is 1. The van der Waals surface area contributed by atoms with Crippen LogP contribution in [0.4, 0.5) is 0 Å². The predicted octanol–water partition coefficient (Wildman–Crippen LogP) is -14.2. The van der Waals surface area contributed by atoms with Crippen molar-refractivity contribution in [3.05, 3.63) is 35.9 Å². The molecule has 20 amide bonds. The van der Waals surface area contributed by atoms with Gasteiger partial charge in [-0.25, -0.2) is 4.79 Å². The van der Waals surface area contributed by atoms with E-state index in [9.17, 15) is 131 Å². The molecule has 0 fully saturated rings. The normalized spacial score (nSPS) is 14.8. The number of unbranched alkanes of at least 4 members (excludes halogenated alkanes) is 2. The zero-order valence-electron chi connectivity index (χ0n) is 72.1. The van der Waals surface area contributed by atoms with Crippen molar-refractivity contribution >= 4 is 137 Å². The lowest BCUT2D eigenvalue weighted by Crippen LogP contribution is -2.62. The summed E-state index contributed by atoms with van der Waals surface area (Å²) in [5.41, 5.74) is 23.8. The first kappa shape index (κ1) is 113. The van der Waals surface area contributed by atoms with Gasteiger partial charge in [-0.05, 0) is 102 Å². The quantitative estimate of drug-likeness (QED) is 0.0213. The van der Waals surface area contributed by atoms with Crippen LogP contribution in [0.5, 0.6) is 0 Å². The summed E-state index contributed by atoms with van der Waals surface area (Å²) in [5, 5.41) is 103. The summed E-state index contributed by atoms with van der Waals surface area (Å²) in [4.78, 5) is 274. The van der Waals surface area contributed by atoms with E-state index in [1.165, 1.54) is 13.8 Å².